The van der Waals surface area contributed by atoms with Gasteiger partial charge in [-0.2, -0.15) is 0 Å². The molecule has 0 spiro atoms. The number of nitrogens with one attached hydrogen (secondary N) is 2. The quantitative estimate of drug-likeness (QED) is 0.623. The van der Waals surface area contributed by atoms with Gasteiger partial charge in [0.05, 0.1) is 6.26 Å². The maximum absolute atomic E-state index is 12.3. The molecule has 2 rings (SSSR count). The highest BCUT2D eigenvalue weighted by Gasteiger charge is 2.32. The van der Waals surface area contributed by atoms with Crippen LogP contribution in [-0.2, 0) is 16.1 Å². The largest absolute Gasteiger partial charge is 0.573 e. The average Bonchev–Trinajstić information content (AvgIpc) is 3.09. The van der Waals surface area contributed by atoms with Crippen molar-refractivity contribution in [2.24, 2.45) is 0 Å². The summed E-state index contributed by atoms with van der Waals surface area (Å²) >= 11 is 0. The molecule has 0 bridgehead atoms. The van der Waals surface area contributed by atoms with Crippen molar-refractivity contribution in [3.05, 3.63) is 60.1 Å². The first-order chi connectivity index (χ1) is 12.3. The topological polar surface area (TPSA) is 89.8 Å². The zero-order valence-corrected chi connectivity index (χ0v) is 13.1. The highest BCUT2D eigenvalue weighted by molar-refractivity contribution is 5.92. The molecule has 1 aromatic carbocycles. The maximum Gasteiger partial charge on any atom is 0.573 e. The van der Waals surface area contributed by atoms with E-state index < -0.39 is 30.7 Å². The van der Waals surface area contributed by atoms with Crippen molar-refractivity contribution >= 4 is 18.1 Å². The summed E-state index contributed by atoms with van der Waals surface area (Å²) in [6.07, 6.45) is -2.04. The van der Waals surface area contributed by atoms with Gasteiger partial charge in [0.25, 0.3) is 5.91 Å². The Morgan fingerprint density at radius 3 is 2.58 bits per heavy atom. The van der Waals surface area contributed by atoms with Gasteiger partial charge in [0.2, 0.25) is 0 Å². The molecule has 7 nitrogen and oxygen atoms in total. The SMILES string of the molecule is O=C(C=Cc1ccco1)NNC(=O)OCc1ccccc1OC(F)(F)F. The Kier molecular flexibility index (Phi) is 6.25. The highest BCUT2D eigenvalue weighted by atomic mass is 19.4. The van der Waals surface area contributed by atoms with Crippen LogP contribution in [-0.4, -0.2) is 18.4 Å². The lowest BCUT2D eigenvalue weighted by Crippen LogP contribution is -2.41. The summed E-state index contributed by atoms with van der Waals surface area (Å²) in [5.74, 6) is -0.721. The highest BCUT2D eigenvalue weighted by Crippen LogP contribution is 2.26. The number of alkyl halides is 3. The molecule has 1 aromatic heterocycles. The first kappa shape index (κ1) is 18.9. The summed E-state index contributed by atoms with van der Waals surface area (Å²) in [5, 5.41) is 0. The fraction of sp³-hybridized carbons (Fsp3) is 0.125. The second-order valence-corrected chi connectivity index (χ2v) is 4.69. The number of rotatable bonds is 5. The molecule has 0 saturated carbocycles. The van der Waals surface area contributed by atoms with E-state index in [-0.39, 0.29) is 5.56 Å². The third-order valence-corrected chi connectivity index (χ3v) is 2.79. The Balaban J connectivity index is 1.79. The van der Waals surface area contributed by atoms with E-state index in [1.54, 1.807) is 12.1 Å². The second-order valence-electron chi connectivity index (χ2n) is 4.69. The van der Waals surface area contributed by atoms with Gasteiger partial charge >= 0.3 is 12.5 Å². The number of para-hydroxylation sites is 1. The smallest absolute Gasteiger partial charge is 0.465 e. The Morgan fingerprint density at radius 1 is 1.12 bits per heavy atom. The molecule has 0 unspecified atom stereocenters. The van der Waals surface area contributed by atoms with Gasteiger partial charge in [-0.25, -0.2) is 10.2 Å². The van der Waals surface area contributed by atoms with Crippen molar-refractivity contribution < 1.29 is 36.7 Å². The molecule has 2 aromatic rings. The third kappa shape index (κ3) is 6.59. The van der Waals surface area contributed by atoms with E-state index in [1.807, 2.05) is 10.9 Å². The standard InChI is InChI=1S/C16H13F3N2O5/c17-16(18,19)26-13-6-2-1-4-11(13)10-25-15(23)21-20-14(22)8-7-12-5-3-9-24-12/h1-9H,10H2,(H,20,22)(H,21,23). The Hall–Kier alpha value is -3.43. The molecule has 0 atom stereocenters. The molecular weight excluding hydrogens is 357 g/mol. The molecule has 0 fully saturated rings. The van der Waals surface area contributed by atoms with E-state index in [4.69, 9.17) is 9.15 Å². The van der Waals surface area contributed by atoms with E-state index in [1.165, 1.54) is 30.5 Å². The van der Waals surface area contributed by atoms with Crippen molar-refractivity contribution in [1.82, 2.24) is 10.9 Å². The minimum absolute atomic E-state index is 0.00372. The summed E-state index contributed by atoms with van der Waals surface area (Å²) in [5.41, 5.74) is 3.98. The molecular formula is C16H13F3N2O5. The van der Waals surface area contributed by atoms with Crippen LogP contribution < -0.4 is 15.6 Å². The van der Waals surface area contributed by atoms with Crippen LogP contribution in [0.3, 0.4) is 0 Å². The average molecular weight is 370 g/mol. The van der Waals surface area contributed by atoms with E-state index >= 15 is 0 Å². The van der Waals surface area contributed by atoms with Crippen LogP contribution in [0.2, 0.25) is 0 Å². The van der Waals surface area contributed by atoms with Crippen LogP contribution in [0.25, 0.3) is 6.08 Å². The number of amides is 2. The number of benzene rings is 1. The molecule has 2 amide bonds. The number of carbonyl (C=O) groups is 2. The molecule has 0 saturated heterocycles. The zero-order valence-electron chi connectivity index (χ0n) is 13.1. The Labute approximate surface area is 145 Å². The van der Waals surface area contributed by atoms with Gasteiger partial charge in [-0.05, 0) is 24.3 Å². The van der Waals surface area contributed by atoms with Gasteiger partial charge in [-0.1, -0.05) is 18.2 Å². The molecule has 0 aliphatic carbocycles. The number of hydrogen-bond donors (Lipinski definition) is 2. The normalized spacial score (nSPS) is 11.2. The summed E-state index contributed by atoms with van der Waals surface area (Å²) in [6, 6.07) is 8.45. The van der Waals surface area contributed by atoms with Gasteiger partial charge in [0, 0.05) is 11.6 Å². The van der Waals surface area contributed by atoms with E-state index in [0.29, 0.717) is 5.76 Å². The van der Waals surface area contributed by atoms with Crippen LogP contribution >= 0.6 is 0 Å². The minimum Gasteiger partial charge on any atom is -0.465 e. The summed E-state index contributed by atoms with van der Waals surface area (Å²) in [7, 11) is 0. The number of halogens is 3. The number of hydrazine groups is 1. The molecule has 10 heteroatoms. The lowest BCUT2D eigenvalue weighted by molar-refractivity contribution is -0.275. The summed E-state index contributed by atoms with van der Waals surface area (Å²) < 4.78 is 50.4. The van der Waals surface area contributed by atoms with Crippen molar-refractivity contribution in [2.75, 3.05) is 0 Å². The fourth-order valence-electron chi connectivity index (χ4n) is 1.72. The van der Waals surface area contributed by atoms with Crippen LogP contribution in [0.5, 0.6) is 5.75 Å². The van der Waals surface area contributed by atoms with Crippen LogP contribution in [0.4, 0.5) is 18.0 Å². The number of ether oxygens (including phenoxy) is 2. The predicted octanol–water partition coefficient (Wildman–Crippen LogP) is 3.15. The van der Waals surface area contributed by atoms with E-state index in [9.17, 15) is 22.8 Å². The van der Waals surface area contributed by atoms with E-state index in [2.05, 4.69) is 4.74 Å². The maximum atomic E-state index is 12.3. The minimum atomic E-state index is -4.87. The lowest BCUT2D eigenvalue weighted by Gasteiger charge is -2.13. The fourth-order valence-corrected chi connectivity index (χ4v) is 1.72. The van der Waals surface area contributed by atoms with Crippen LogP contribution in [0.15, 0.2) is 53.2 Å². The van der Waals surface area contributed by atoms with Crippen molar-refractivity contribution in [1.29, 1.82) is 0 Å². The van der Waals surface area contributed by atoms with Gasteiger partial charge in [0.15, 0.2) is 0 Å². The molecule has 0 aliphatic heterocycles. The van der Waals surface area contributed by atoms with Crippen molar-refractivity contribution in [2.45, 2.75) is 13.0 Å². The Morgan fingerprint density at radius 2 is 1.88 bits per heavy atom. The van der Waals surface area contributed by atoms with Crippen molar-refractivity contribution in [3.8, 4) is 5.75 Å². The van der Waals surface area contributed by atoms with Crippen LogP contribution in [0.1, 0.15) is 11.3 Å². The van der Waals surface area contributed by atoms with E-state index in [0.717, 1.165) is 12.1 Å². The van der Waals surface area contributed by atoms with Gasteiger partial charge < -0.3 is 13.9 Å². The predicted molar refractivity (Wildman–Crippen MR) is 82.3 cm³/mol. The first-order valence-corrected chi connectivity index (χ1v) is 7.11. The van der Waals surface area contributed by atoms with Gasteiger partial charge in [-0.15, -0.1) is 13.2 Å². The number of furan rings is 1. The molecule has 0 radical (unpaired) electrons. The third-order valence-electron chi connectivity index (χ3n) is 2.79. The van der Waals surface area contributed by atoms with Crippen LogP contribution in [0, 0.1) is 0 Å². The lowest BCUT2D eigenvalue weighted by atomic mass is 10.2. The number of carbonyl (C=O) groups excluding carboxylic acids is 2. The first-order valence-electron chi connectivity index (χ1n) is 7.11. The molecule has 138 valence electrons. The van der Waals surface area contributed by atoms with Gasteiger partial charge in [-0.3, -0.25) is 10.2 Å². The second kappa shape index (κ2) is 8.60. The molecule has 2 N–H and O–H groups in total. The zero-order chi connectivity index (χ0) is 19.0. The molecule has 0 aliphatic rings. The Bertz CT molecular complexity index is 772. The molecule has 1 heterocycles. The van der Waals surface area contributed by atoms with Crippen molar-refractivity contribution in [3.63, 3.8) is 0 Å². The number of hydrogen-bond acceptors (Lipinski definition) is 5. The monoisotopic (exact) mass is 370 g/mol. The summed E-state index contributed by atoms with van der Waals surface area (Å²) in [6.45, 7) is -0.490. The molecule has 26 heavy (non-hydrogen) atoms. The summed E-state index contributed by atoms with van der Waals surface area (Å²) in [4.78, 5) is 23.0. The van der Waals surface area contributed by atoms with Gasteiger partial charge in [0.1, 0.15) is 18.1 Å².